The molecule has 0 aromatic rings. The first kappa shape index (κ1) is 18.2. The number of aliphatic hydroxyl groups is 1. The normalized spacial score (nSPS) is 10.5. The summed E-state index contributed by atoms with van der Waals surface area (Å²) in [6.07, 6.45) is 0.0231. The summed E-state index contributed by atoms with van der Waals surface area (Å²) in [7, 11) is 6.00. The van der Waals surface area contributed by atoms with Crippen molar-refractivity contribution in [3.05, 3.63) is 0 Å². The van der Waals surface area contributed by atoms with Crippen LogP contribution in [0.25, 0.3) is 0 Å². The molecule has 0 aliphatic rings. The molecule has 0 heterocycles. The fourth-order valence-electron chi connectivity index (χ4n) is 0. The Kier molecular flexibility index (Phi) is 19.5. The fourth-order valence-corrected chi connectivity index (χ4v) is 0. The lowest BCUT2D eigenvalue weighted by Crippen LogP contribution is -2.16. The van der Waals surface area contributed by atoms with E-state index in [1.54, 1.807) is 0 Å². The van der Waals surface area contributed by atoms with Gasteiger partial charge in [-0.05, 0) is 27.6 Å². The first-order valence-corrected chi connectivity index (χ1v) is 3.98. The van der Waals surface area contributed by atoms with Crippen molar-refractivity contribution in [3.8, 4) is 0 Å². The number of carboxylic acids is 1. The number of rotatable bonds is 1. The number of nitrogens with zero attached hydrogens (tertiary/aromatic N) is 1. The van der Waals surface area contributed by atoms with Crippen molar-refractivity contribution in [2.24, 2.45) is 5.73 Å². The maximum Gasteiger partial charge on any atom is 0.300 e. The summed E-state index contributed by atoms with van der Waals surface area (Å²) in [6.45, 7) is 2.91. The molecule has 5 nitrogen and oxygen atoms in total. The van der Waals surface area contributed by atoms with Gasteiger partial charge in [0.15, 0.2) is 0 Å². The van der Waals surface area contributed by atoms with Gasteiger partial charge in [0.1, 0.15) is 6.23 Å². The first-order valence-electron chi connectivity index (χ1n) is 3.98. The summed E-state index contributed by atoms with van der Waals surface area (Å²) >= 11 is 0. The third kappa shape index (κ3) is 544. The highest BCUT2D eigenvalue weighted by atomic mass is 16.4. The second-order valence-corrected chi connectivity index (χ2v) is 2.84. The van der Waals surface area contributed by atoms with E-state index >= 15 is 0 Å². The van der Waals surface area contributed by atoms with Gasteiger partial charge in [-0.2, -0.15) is 0 Å². The van der Waals surface area contributed by atoms with E-state index in [0.29, 0.717) is 6.42 Å². The van der Waals surface area contributed by atoms with Gasteiger partial charge in [0.05, 0.1) is 0 Å². The Balaban J connectivity index is -0.000000117. The Hall–Kier alpha value is -0.650. The Morgan fingerprint density at radius 3 is 1.54 bits per heavy atom. The number of nitrogens with two attached hydrogens (primary N) is 1. The maximum atomic E-state index is 9.00. The standard InChI is InChI=1S/C3H9NO.C3H9N.C2H4O2/c1-2-3(4)5;1-4(2)3;1-2(3)4/h3,5H,2,4H2,1H3;1-3H3;1H3,(H,3,4). The molecule has 0 spiro atoms. The van der Waals surface area contributed by atoms with E-state index in [0.717, 1.165) is 6.92 Å². The van der Waals surface area contributed by atoms with E-state index in [4.69, 9.17) is 20.7 Å². The highest BCUT2D eigenvalue weighted by Gasteiger charge is 1.81. The topological polar surface area (TPSA) is 86.8 Å². The van der Waals surface area contributed by atoms with Crippen LogP contribution in [0, 0.1) is 0 Å². The van der Waals surface area contributed by atoms with Crippen LogP contribution in [0.2, 0.25) is 0 Å². The second-order valence-electron chi connectivity index (χ2n) is 2.84. The van der Waals surface area contributed by atoms with Gasteiger partial charge < -0.3 is 20.8 Å². The molecule has 0 radical (unpaired) electrons. The number of hydrogen-bond acceptors (Lipinski definition) is 4. The zero-order chi connectivity index (χ0) is 11.4. The van der Waals surface area contributed by atoms with Crippen LogP contribution in [0.5, 0.6) is 0 Å². The van der Waals surface area contributed by atoms with Crippen LogP contribution in [0.1, 0.15) is 20.3 Å². The number of hydrogen-bond donors (Lipinski definition) is 3. The van der Waals surface area contributed by atoms with Gasteiger partial charge in [-0.1, -0.05) is 6.92 Å². The monoisotopic (exact) mass is 194 g/mol. The molecule has 1 atom stereocenters. The molecule has 5 heteroatoms. The van der Waals surface area contributed by atoms with Crippen molar-refractivity contribution in [3.63, 3.8) is 0 Å². The number of aliphatic carboxylic acids is 1. The molecule has 13 heavy (non-hydrogen) atoms. The highest BCUT2D eigenvalue weighted by molar-refractivity contribution is 5.62. The molecule has 0 saturated heterocycles. The van der Waals surface area contributed by atoms with Crippen molar-refractivity contribution in [2.75, 3.05) is 21.1 Å². The largest absolute Gasteiger partial charge is 0.481 e. The molecule has 82 valence electrons. The molecule has 0 aliphatic heterocycles. The maximum absolute atomic E-state index is 9.00. The van der Waals surface area contributed by atoms with E-state index < -0.39 is 12.2 Å². The predicted octanol–water partition coefficient (Wildman–Crippen LogP) is -0.0578. The van der Waals surface area contributed by atoms with Crippen molar-refractivity contribution < 1.29 is 15.0 Å². The molecule has 1 unspecified atom stereocenters. The lowest BCUT2D eigenvalue weighted by atomic mass is 10.5. The number of carbonyl (C=O) groups is 1. The van der Waals surface area contributed by atoms with E-state index in [2.05, 4.69) is 0 Å². The van der Waals surface area contributed by atoms with Crippen LogP contribution in [0.3, 0.4) is 0 Å². The Morgan fingerprint density at radius 1 is 1.46 bits per heavy atom. The summed E-state index contributed by atoms with van der Waals surface area (Å²) in [4.78, 5) is 11.0. The van der Waals surface area contributed by atoms with E-state index in [1.807, 2.05) is 33.0 Å². The predicted molar refractivity (Wildman–Crippen MR) is 53.4 cm³/mol. The number of carboxylic acid groups (broad SMARTS) is 1. The highest BCUT2D eigenvalue weighted by Crippen LogP contribution is 1.72. The summed E-state index contributed by atoms with van der Waals surface area (Å²) in [6, 6.07) is 0. The lowest BCUT2D eigenvalue weighted by molar-refractivity contribution is -0.134. The van der Waals surface area contributed by atoms with Gasteiger partial charge in [-0.3, -0.25) is 4.79 Å². The third-order valence-electron chi connectivity index (χ3n) is 0.418. The SMILES string of the molecule is CC(=O)O.CCC(N)O.CN(C)C. The average Bonchev–Trinajstić information content (AvgIpc) is 1.84. The van der Waals surface area contributed by atoms with Gasteiger partial charge in [-0.25, -0.2) is 0 Å². The summed E-state index contributed by atoms with van der Waals surface area (Å²) < 4.78 is 0. The van der Waals surface area contributed by atoms with Gasteiger partial charge in [-0.15, -0.1) is 0 Å². The molecule has 0 amide bonds. The molecule has 4 N–H and O–H groups in total. The molecule has 0 fully saturated rings. The van der Waals surface area contributed by atoms with E-state index in [-0.39, 0.29) is 0 Å². The van der Waals surface area contributed by atoms with E-state index in [1.165, 1.54) is 0 Å². The van der Waals surface area contributed by atoms with Crippen LogP contribution in [0.4, 0.5) is 0 Å². The summed E-state index contributed by atoms with van der Waals surface area (Å²) in [5, 5.41) is 15.6. The lowest BCUT2D eigenvalue weighted by Gasteiger charge is -1.91. The van der Waals surface area contributed by atoms with Crippen LogP contribution < -0.4 is 5.73 Å². The molecular weight excluding hydrogens is 172 g/mol. The zero-order valence-corrected chi connectivity index (χ0v) is 9.11. The van der Waals surface area contributed by atoms with Crippen LogP contribution >= 0.6 is 0 Å². The molecule has 0 rings (SSSR count). The van der Waals surface area contributed by atoms with Crippen molar-refractivity contribution in [1.82, 2.24) is 4.90 Å². The Labute approximate surface area is 80.2 Å². The molecule has 0 aliphatic carbocycles. The van der Waals surface area contributed by atoms with Crippen molar-refractivity contribution in [1.29, 1.82) is 0 Å². The van der Waals surface area contributed by atoms with Gasteiger partial charge in [0.2, 0.25) is 0 Å². The van der Waals surface area contributed by atoms with E-state index in [9.17, 15) is 0 Å². The Morgan fingerprint density at radius 2 is 1.54 bits per heavy atom. The molecule has 0 aromatic carbocycles. The van der Waals surface area contributed by atoms with Crippen molar-refractivity contribution in [2.45, 2.75) is 26.5 Å². The minimum absolute atomic E-state index is 0.616. The summed E-state index contributed by atoms with van der Waals surface area (Å²) in [5.74, 6) is -0.833. The fraction of sp³-hybridized carbons (Fsp3) is 0.875. The summed E-state index contributed by atoms with van der Waals surface area (Å²) in [5.41, 5.74) is 4.85. The molecular formula is C8H22N2O3. The molecule has 0 saturated carbocycles. The van der Waals surface area contributed by atoms with Crippen LogP contribution in [-0.4, -0.2) is 48.5 Å². The Bertz CT molecular complexity index is 98.8. The first-order chi connectivity index (χ1) is 5.73. The van der Waals surface area contributed by atoms with Crippen molar-refractivity contribution >= 4 is 5.97 Å². The average molecular weight is 194 g/mol. The molecule has 0 bridgehead atoms. The number of aliphatic hydroxyl groups excluding tert-OH is 1. The van der Waals surface area contributed by atoms with Gasteiger partial charge >= 0.3 is 0 Å². The van der Waals surface area contributed by atoms with Crippen LogP contribution in [-0.2, 0) is 4.79 Å². The van der Waals surface area contributed by atoms with Crippen LogP contribution in [0.15, 0.2) is 0 Å². The second kappa shape index (κ2) is 13.9. The quantitative estimate of drug-likeness (QED) is 0.509. The third-order valence-corrected chi connectivity index (χ3v) is 0.418. The zero-order valence-electron chi connectivity index (χ0n) is 9.11. The van der Waals surface area contributed by atoms with Gasteiger partial charge in [0.25, 0.3) is 5.97 Å². The smallest absolute Gasteiger partial charge is 0.300 e. The minimum atomic E-state index is -0.833. The molecule has 0 aromatic heterocycles. The van der Waals surface area contributed by atoms with Gasteiger partial charge in [0, 0.05) is 6.92 Å². The minimum Gasteiger partial charge on any atom is -0.481 e.